The topological polar surface area (TPSA) is 20.3 Å². The lowest BCUT2D eigenvalue weighted by atomic mass is 10.1. The Morgan fingerprint density at radius 1 is 1.18 bits per heavy atom. The standard InChI is InChI=1S/C12H12F3NO/c1-16(2)10(8-11(17)12(13,14)15)9-6-4-3-5-7-9/h3-8H,1-2H3/b10-8+. The molecule has 0 radical (unpaired) electrons. The van der Waals surface area contributed by atoms with Crippen LogP contribution in [0.4, 0.5) is 13.2 Å². The first-order valence-corrected chi connectivity index (χ1v) is 4.88. The number of halogens is 3. The summed E-state index contributed by atoms with van der Waals surface area (Å²) in [7, 11) is 3.17. The van der Waals surface area contributed by atoms with Gasteiger partial charge in [-0.05, 0) is 5.56 Å². The first kappa shape index (κ1) is 13.3. The SMILES string of the molecule is CN(C)/C(=C/C(=O)C(F)(F)F)c1ccccc1. The van der Waals surface area contributed by atoms with Crippen molar-refractivity contribution in [1.29, 1.82) is 0 Å². The Kier molecular flexibility index (Phi) is 3.93. The maximum Gasteiger partial charge on any atom is 0.454 e. The molecule has 0 N–H and O–H groups in total. The van der Waals surface area contributed by atoms with Crippen LogP contribution in [-0.2, 0) is 4.79 Å². The molecule has 1 rings (SSSR count). The van der Waals surface area contributed by atoms with E-state index >= 15 is 0 Å². The summed E-state index contributed by atoms with van der Waals surface area (Å²) in [5.74, 6) is -1.86. The number of nitrogens with zero attached hydrogens (tertiary/aromatic N) is 1. The largest absolute Gasteiger partial charge is 0.454 e. The molecule has 0 bridgehead atoms. The highest BCUT2D eigenvalue weighted by molar-refractivity contribution is 6.00. The van der Waals surface area contributed by atoms with Crippen LogP contribution in [0.2, 0.25) is 0 Å². The van der Waals surface area contributed by atoms with Crippen LogP contribution in [0.15, 0.2) is 36.4 Å². The average Bonchev–Trinajstić information content (AvgIpc) is 2.25. The third-order valence-corrected chi connectivity index (χ3v) is 2.10. The van der Waals surface area contributed by atoms with Gasteiger partial charge in [0.1, 0.15) is 0 Å². The van der Waals surface area contributed by atoms with Crippen LogP contribution in [0.25, 0.3) is 5.70 Å². The van der Waals surface area contributed by atoms with Crippen LogP contribution >= 0.6 is 0 Å². The Hall–Kier alpha value is -1.78. The molecule has 0 amide bonds. The van der Waals surface area contributed by atoms with Gasteiger partial charge in [0.05, 0.1) is 0 Å². The molecule has 5 heteroatoms. The van der Waals surface area contributed by atoms with E-state index in [0.717, 1.165) is 0 Å². The van der Waals surface area contributed by atoms with E-state index in [0.29, 0.717) is 11.6 Å². The fourth-order valence-electron chi connectivity index (χ4n) is 1.29. The van der Waals surface area contributed by atoms with E-state index in [1.165, 1.54) is 4.90 Å². The van der Waals surface area contributed by atoms with Crippen LogP contribution < -0.4 is 0 Å². The molecule has 0 aliphatic rings. The number of benzene rings is 1. The summed E-state index contributed by atoms with van der Waals surface area (Å²) in [6.45, 7) is 0. The van der Waals surface area contributed by atoms with Gasteiger partial charge in [-0.25, -0.2) is 0 Å². The molecule has 1 aromatic carbocycles. The molecule has 0 aliphatic heterocycles. The van der Waals surface area contributed by atoms with Crippen molar-refractivity contribution in [3.05, 3.63) is 42.0 Å². The molecule has 0 unspecified atom stereocenters. The van der Waals surface area contributed by atoms with Gasteiger partial charge in [-0.3, -0.25) is 4.79 Å². The van der Waals surface area contributed by atoms with Crippen molar-refractivity contribution in [2.24, 2.45) is 0 Å². The monoisotopic (exact) mass is 243 g/mol. The summed E-state index contributed by atoms with van der Waals surface area (Å²) in [6.07, 6.45) is -4.23. The Labute approximate surface area is 97.3 Å². The quantitative estimate of drug-likeness (QED) is 0.761. The zero-order valence-electron chi connectivity index (χ0n) is 9.45. The highest BCUT2D eigenvalue weighted by Crippen LogP contribution is 2.22. The van der Waals surface area contributed by atoms with Gasteiger partial charge in [0, 0.05) is 25.9 Å². The Balaban J connectivity index is 3.12. The molecule has 92 valence electrons. The molecule has 0 aliphatic carbocycles. The molecular weight excluding hydrogens is 231 g/mol. The van der Waals surface area contributed by atoms with E-state index in [9.17, 15) is 18.0 Å². The molecule has 1 aromatic rings. The van der Waals surface area contributed by atoms with Crippen LogP contribution in [0, 0.1) is 0 Å². The highest BCUT2D eigenvalue weighted by Gasteiger charge is 2.37. The van der Waals surface area contributed by atoms with Gasteiger partial charge >= 0.3 is 6.18 Å². The minimum Gasteiger partial charge on any atom is -0.377 e. The number of hydrogen-bond donors (Lipinski definition) is 0. The molecule has 0 heterocycles. The third-order valence-electron chi connectivity index (χ3n) is 2.10. The summed E-state index contributed by atoms with van der Waals surface area (Å²) in [5, 5.41) is 0. The van der Waals surface area contributed by atoms with Gasteiger partial charge in [-0.2, -0.15) is 13.2 Å². The minimum atomic E-state index is -4.84. The number of carbonyl (C=O) groups excluding carboxylic acids is 1. The van der Waals surface area contributed by atoms with Crippen LogP contribution in [-0.4, -0.2) is 31.0 Å². The maximum absolute atomic E-state index is 12.2. The lowest BCUT2D eigenvalue weighted by Crippen LogP contribution is -2.22. The van der Waals surface area contributed by atoms with Crippen molar-refractivity contribution >= 4 is 11.5 Å². The van der Waals surface area contributed by atoms with E-state index in [-0.39, 0.29) is 5.70 Å². The Morgan fingerprint density at radius 2 is 1.71 bits per heavy atom. The second kappa shape index (κ2) is 5.03. The normalized spacial score (nSPS) is 12.4. The predicted molar refractivity (Wildman–Crippen MR) is 59.2 cm³/mol. The summed E-state index contributed by atoms with van der Waals surface area (Å²) in [5.41, 5.74) is 0.794. The van der Waals surface area contributed by atoms with Crippen molar-refractivity contribution in [2.45, 2.75) is 6.18 Å². The van der Waals surface area contributed by atoms with E-state index in [1.54, 1.807) is 44.4 Å². The van der Waals surface area contributed by atoms with Gasteiger partial charge in [-0.1, -0.05) is 30.3 Å². The summed E-state index contributed by atoms with van der Waals surface area (Å²) in [6, 6.07) is 8.45. The molecule has 0 aromatic heterocycles. The van der Waals surface area contributed by atoms with Gasteiger partial charge in [0.25, 0.3) is 5.78 Å². The number of carbonyl (C=O) groups is 1. The maximum atomic E-state index is 12.2. The number of ketones is 1. The van der Waals surface area contributed by atoms with Gasteiger partial charge in [0.2, 0.25) is 0 Å². The number of allylic oxidation sites excluding steroid dienone is 1. The highest BCUT2D eigenvalue weighted by atomic mass is 19.4. The zero-order chi connectivity index (χ0) is 13.1. The van der Waals surface area contributed by atoms with E-state index in [1.807, 2.05) is 0 Å². The van der Waals surface area contributed by atoms with Crippen LogP contribution in [0.3, 0.4) is 0 Å². The van der Waals surface area contributed by atoms with Crippen molar-refractivity contribution in [3.8, 4) is 0 Å². The third kappa shape index (κ3) is 3.62. The van der Waals surface area contributed by atoms with Crippen LogP contribution in [0.5, 0.6) is 0 Å². The smallest absolute Gasteiger partial charge is 0.377 e. The summed E-state index contributed by atoms with van der Waals surface area (Å²) >= 11 is 0. The first-order valence-electron chi connectivity index (χ1n) is 4.88. The fraction of sp³-hybridized carbons (Fsp3) is 0.250. The van der Waals surface area contributed by atoms with Crippen molar-refractivity contribution in [2.75, 3.05) is 14.1 Å². The molecule has 0 saturated carbocycles. The molecular formula is C12H12F3NO. The summed E-state index contributed by atoms with van der Waals surface area (Å²) in [4.78, 5) is 12.4. The van der Waals surface area contributed by atoms with Crippen LogP contribution in [0.1, 0.15) is 5.56 Å². The second-order valence-corrected chi connectivity index (χ2v) is 3.65. The second-order valence-electron chi connectivity index (χ2n) is 3.65. The van der Waals surface area contributed by atoms with E-state index in [2.05, 4.69) is 0 Å². The fourth-order valence-corrected chi connectivity index (χ4v) is 1.29. The number of rotatable bonds is 3. The lowest BCUT2D eigenvalue weighted by molar-refractivity contribution is -0.165. The molecule has 0 saturated heterocycles. The number of alkyl halides is 3. The Morgan fingerprint density at radius 3 is 2.12 bits per heavy atom. The van der Waals surface area contributed by atoms with Gasteiger partial charge < -0.3 is 4.90 Å². The predicted octanol–water partition coefficient (Wildman–Crippen LogP) is 2.72. The summed E-state index contributed by atoms with van der Waals surface area (Å²) < 4.78 is 36.5. The first-order chi connectivity index (χ1) is 7.82. The molecule has 0 fully saturated rings. The lowest BCUT2D eigenvalue weighted by Gasteiger charge is -2.17. The van der Waals surface area contributed by atoms with Crippen molar-refractivity contribution < 1.29 is 18.0 Å². The minimum absolute atomic E-state index is 0.230. The molecule has 17 heavy (non-hydrogen) atoms. The Bertz CT molecular complexity index is 421. The van der Waals surface area contributed by atoms with Gasteiger partial charge in [0.15, 0.2) is 0 Å². The van der Waals surface area contributed by atoms with E-state index < -0.39 is 12.0 Å². The molecule has 0 spiro atoms. The molecule has 2 nitrogen and oxygen atoms in total. The van der Waals surface area contributed by atoms with Gasteiger partial charge in [-0.15, -0.1) is 0 Å². The average molecular weight is 243 g/mol. The van der Waals surface area contributed by atoms with E-state index in [4.69, 9.17) is 0 Å². The van der Waals surface area contributed by atoms with Crippen molar-refractivity contribution in [1.82, 2.24) is 4.90 Å². The number of hydrogen-bond acceptors (Lipinski definition) is 2. The van der Waals surface area contributed by atoms with Crippen molar-refractivity contribution in [3.63, 3.8) is 0 Å². The molecule has 0 atom stereocenters. The zero-order valence-corrected chi connectivity index (χ0v) is 9.45.